The van der Waals surface area contributed by atoms with E-state index in [2.05, 4.69) is 39.4 Å². The lowest BCUT2D eigenvalue weighted by molar-refractivity contribution is 0.0764. The summed E-state index contributed by atoms with van der Waals surface area (Å²) in [7, 11) is 0. The molecular weight excluding hydrogens is 266 g/mol. The van der Waals surface area contributed by atoms with Crippen molar-refractivity contribution in [3.63, 3.8) is 0 Å². The van der Waals surface area contributed by atoms with E-state index in [1.807, 2.05) is 13.8 Å². The fraction of sp³-hybridized carbons (Fsp3) is 0.538. The molecule has 88 valence electrons. The maximum Gasteiger partial charge on any atom is 0.0715 e. The molecule has 0 spiro atoms. The van der Waals surface area contributed by atoms with Gasteiger partial charge in [0.1, 0.15) is 0 Å². The third kappa shape index (κ3) is 2.65. The quantitative estimate of drug-likeness (QED) is 0.894. The van der Waals surface area contributed by atoms with Crippen molar-refractivity contribution in [3.8, 4) is 0 Å². The number of fused-ring (bicyclic) bond motifs is 1. The Morgan fingerprint density at radius 3 is 2.94 bits per heavy atom. The van der Waals surface area contributed by atoms with Gasteiger partial charge in [0.05, 0.1) is 5.60 Å². The van der Waals surface area contributed by atoms with Gasteiger partial charge in [0.2, 0.25) is 0 Å². The Balaban J connectivity index is 2.09. The third-order valence-corrected chi connectivity index (χ3v) is 3.74. The van der Waals surface area contributed by atoms with Gasteiger partial charge in [-0.05, 0) is 43.9 Å². The van der Waals surface area contributed by atoms with Crippen LogP contribution in [-0.4, -0.2) is 17.3 Å². The van der Waals surface area contributed by atoms with Gasteiger partial charge in [-0.1, -0.05) is 28.1 Å². The topological polar surface area (TPSA) is 32.3 Å². The van der Waals surface area contributed by atoms with E-state index in [0.29, 0.717) is 12.6 Å². The summed E-state index contributed by atoms with van der Waals surface area (Å²) in [5.74, 6) is 0. The van der Waals surface area contributed by atoms with Gasteiger partial charge in [0.25, 0.3) is 0 Å². The van der Waals surface area contributed by atoms with Crippen LogP contribution in [0, 0.1) is 0 Å². The molecule has 16 heavy (non-hydrogen) atoms. The van der Waals surface area contributed by atoms with Crippen molar-refractivity contribution in [3.05, 3.63) is 33.8 Å². The summed E-state index contributed by atoms with van der Waals surface area (Å²) >= 11 is 3.59. The minimum absolute atomic E-state index is 0.388. The van der Waals surface area contributed by atoms with Crippen molar-refractivity contribution in [2.75, 3.05) is 6.54 Å². The summed E-state index contributed by atoms with van der Waals surface area (Å²) < 4.78 is 1.21. The fourth-order valence-electron chi connectivity index (χ4n) is 2.19. The van der Waals surface area contributed by atoms with Crippen LogP contribution < -0.4 is 5.32 Å². The Morgan fingerprint density at radius 1 is 1.50 bits per heavy atom. The first-order valence-corrected chi connectivity index (χ1v) is 6.50. The average molecular weight is 284 g/mol. The zero-order valence-electron chi connectivity index (χ0n) is 9.76. The molecule has 0 aromatic heterocycles. The van der Waals surface area contributed by atoms with Gasteiger partial charge in [-0.25, -0.2) is 0 Å². The second-order valence-electron chi connectivity index (χ2n) is 5.09. The molecule has 3 heteroatoms. The first-order chi connectivity index (χ1) is 7.47. The highest BCUT2D eigenvalue weighted by Crippen LogP contribution is 2.35. The van der Waals surface area contributed by atoms with Gasteiger partial charge in [-0.3, -0.25) is 0 Å². The van der Waals surface area contributed by atoms with Crippen LogP contribution in [0.5, 0.6) is 0 Å². The predicted octanol–water partition coefficient (Wildman–Crippen LogP) is 2.80. The Hall–Kier alpha value is -0.380. The monoisotopic (exact) mass is 283 g/mol. The molecule has 0 fully saturated rings. The molecule has 1 atom stereocenters. The molecule has 2 N–H and O–H groups in total. The van der Waals surface area contributed by atoms with Crippen LogP contribution in [0.3, 0.4) is 0 Å². The molecular formula is C13H18BrNO. The molecule has 0 aliphatic heterocycles. The number of halogens is 1. The van der Waals surface area contributed by atoms with Crippen molar-refractivity contribution < 1.29 is 5.11 Å². The minimum Gasteiger partial charge on any atom is -0.389 e. The zero-order chi connectivity index (χ0) is 11.8. The highest BCUT2D eigenvalue weighted by Gasteiger charge is 2.25. The summed E-state index contributed by atoms with van der Waals surface area (Å²) in [5, 5.41) is 13.1. The normalized spacial score (nSPS) is 19.9. The van der Waals surface area contributed by atoms with E-state index in [9.17, 15) is 5.11 Å². The molecule has 0 saturated heterocycles. The highest BCUT2D eigenvalue weighted by molar-refractivity contribution is 9.10. The highest BCUT2D eigenvalue weighted by atomic mass is 79.9. The van der Waals surface area contributed by atoms with Crippen LogP contribution in [0.2, 0.25) is 0 Å². The molecule has 1 aromatic carbocycles. The minimum atomic E-state index is -0.644. The first-order valence-electron chi connectivity index (χ1n) is 5.70. The van der Waals surface area contributed by atoms with Crippen molar-refractivity contribution >= 4 is 15.9 Å². The Kier molecular flexibility index (Phi) is 3.38. The summed E-state index contributed by atoms with van der Waals surface area (Å²) in [6.07, 6.45) is 2.23. The standard InChI is InChI=1S/C13H18BrNO/c1-13(2,16)8-15-12-7-6-9-10(12)4-3-5-11(9)14/h3-5,12,15-16H,6-8H2,1-2H3. The SMILES string of the molecule is CC(C)(O)CNC1CCc2c(Br)cccc21. The van der Waals surface area contributed by atoms with E-state index in [1.54, 1.807) is 0 Å². The molecule has 2 rings (SSSR count). The number of nitrogens with one attached hydrogen (secondary N) is 1. The van der Waals surface area contributed by atoms with Gasteiger partial charge in [-0.2, -0.15) is 0 Å². The van der Waals surface area contributed by atoms with E-state index >= 15 is 0 Å². The van der Waals surface area contributed by atoms with Crippen LogP contribution in [0.15, 0.2) is 22.7 Å². The van der Waals surface area contributed by atoms with Crippen LogP contribution in [-0.2, 0) is 6.42 Å². The molecule has 1 aliphatic carbocycles. The van der Waals surface area contributed by atoms with Crippen LogP contribution in [0.1, 0.15) is 37.4 Å². The van der Waals surface area contributed by atoms with Gasteiger partial charge >= 0.3 is 0 Å². The molecule has 2 nitrogen and oxygen atoms in total. The molecule has 1 unspecified atom stereocenters. The van der Waals surface area contributed by atoms with E-state index in [0.717, 1.165) is 12.8 Å². The zero-order valence-corrected chi connectivity index (χ0v) is 11.3. The molecule has 1 aliphatic rings. The van der Waals surface area contributed by atoms with Crippen molar-refractivity contribution in [1.82, 2.24) is 5.32 Å². The smallest absolute Gasteiger partial charge is 0.0715 e. The van der Waals surface area contributed by atoms with Crippen LogP contribution >= 0.6 is 15.9 Å². The van der Waals surface area contributed by atoms with E-state index < -0.39 is 5.60 Å². The predicted molar refractivity (Wildman–Crippen MR) is 69.5 cm³/mol. The van der Waals surface area contributed by atoms with Gasteiger partial charge in [-0.15, -0.1) is 0 Å². The molecule has 1 aromatic rings. The van der Waals surface area contributed by atoms with Crippen molar-refractivity contribution in [2.45, 2.75) is 38.3 Å². The Labute approximate surface area is 105 Å². The lowest BCUT2D eigenvalue weighted by Crippen LogP contribution is -2.36. The summed E-state index contributed by atoms with van der Waals surface area (Å²) in [5.41, 5.74) is 2.14. The first kappa shape index (κ1) is 12.1. The second kappa shape index (κ2) is 4.47. The number of benzene rings is 1. The Bertz CT molecular complexity index is 384. The van der Waals surface area contributed by atoms with Crippen LogP contribution in [0.25, 0.3) is 0 Å². The largest absolute Gasteiger partial charge is 0.389 e. The summed E-state index contributed by atoms with van der Waals surface area (Å²) in [4.78, 5) is 0. The second-order valence-corrected chi connectivity index (χ2v) is 5.95. The molecule has 0 radical (unpaired) electrons. The van der Waals surface area contributed by atoms with Crippen LogP contribution in [0.4, 0.5) is 0 Å². The fourth-order valence-corrected chi connectivity index (χ4v) is 2.77. The Morgan fingerprint density at radius 2 is 2.25 bits per heavy atom. The van der Waals surface area contributed by atoms with Gasteiger partial charge in [0.15, 0.2) is 0 Å². The van der Waals surface area contributed by atoms with E-state index in [4.69, 9.17) is 0 Å². The number of rotatable bonds is 3. The lowest BCUT2D eigenvalue weighted by Gasteiger charge is -2.22. The summed E-state index contributed by atoms with van der Waals surface area (Å²) in [6.45, 7) is 4.29. The van der Waals surface area contributed by atoms with Gasteiger partial charge < -0.3 is 10.4 Å². The lowest BCUT2D eigenvalue weighted by atomic mass is 10.1. The third-order valence-electron chi connectivity index (χ3n) is 2.99. The van der Waals surface area contributed by atoms with Crippen molar-refractivity contribution in [1.29, 1.82) is 0 Å². The molecule has 0 amide bonds. The number of hydrogen-bond donors (Lipinski definition) is 2. The van der Waals surface area contributed by atoms with Crippen molar-refractivity contribution in [2.24, 2.45) is 0 Å². The van der Waals surface area contributed by atoms with E-state index in [1.165, 1.54) is 15.6 Å². The average Bonchev–Trinajstić information content (AvgIpc) is 2.58. The maximum atomic E-state index is 9.71. The molecule has 0 saturated carbocycles. The van der Waals surface area contributed by atoms with E-state index in [-0.39, 0.29) is 0 Å². The molecule has 0 heterocycles. The van der Waals surface area contributed by atoms with Gasteiger partial charge in [0, 0.05) is 17.1 Å². The summed E-state index contributed by atoms with van der Waals surface area (Å²) in [6, 6.07) is 6.73. The number of hydrogen-bond acceptors (Lipinski definition) is 2. The molecule has 0 bridgehead atoms. The maximum absolute atomic E-state index is 9.71. The number of aliphatic hydroxyl groups is 1.